The second-order valence-electron chi connectivity index (χ2n) is 4.34. The number of nitrogens with zero attached hydrogens (tertiary/aromatic N) is 3. The van der Waals surface area contributed by atoms with Crippen LogP contribution in [0, 0.1) is 10.1 Å². The van der Waals surface area contributed by atoms with Gasteiger partial charge in [-0.15, -0.1) is 0 Å². The zero-order valence-electron chi connectivity index (χ0n) is 11.1. The van der Waals surface area contributed by atoms with Gasteiger partial charge in [0.15, 0.2) is 5.82 Å². The summed E-state index contributed by atoms with van der Waals surface area (Å²) in [4.78, 5) is 14.3. The fourth-order valence-electron chi connectivity index (χ4n) is 1.58. The summed E-state index contributed by atoms with van der Waals surface area (Å²) < 4.78 is 10.1. The van der Waals surface area contributed by atoms with Crippen LogP contribution >= 0.6 is 0 Å². The zero-order valence-corrected chi connectivity index (χ0v) is 11.1. The third kappa shape index (κ3) is 3.67. The van der Waals surface area contributed by atoms with Gasteiger partial charge in [0, 0.05) is 17.8 Å². The van der Waals surface area contributed by atoms with Gasteiger partial charge < -0.3 is 14.6 Å². The molecule has 2 rings (SSSR count). The van der Waals surface area contributed by atoms with Gasteiger partial charge in [-0.1, -0.05) is 5.16 Å². The van der Waals surface area contributed by atoms with Crippen LogP contribution in [0.15, 0.2) is 29.1 Å². The third-order valence-electron chi connectivity index (χ3n) is 2.33. The van der Waals surface area contributed by atoms with Gasteiger partial charge in [0.05, 0.1) is 23.6 Å². The van der Waals surface area contributed by atoms with E-state index in [0.717, 1.165) is 0 Å². The number of nitro benzene ring substituents is 1. The molecule has 0 aliphatic rings. The average Bonchev–Trinajstić information content (AvgIpc) is 2.88. The lowest BCUT2D eigenvalue weighted by Gasteiger charge is -2.11. The van der Waals surface area contributed by atoms with Crippen molar-refractivity contribution in [2.45, 2.75) is 26.5 Å². The number of ether oxygens (including phenoxy) is 1. The molecule has 8 heteroatoms. The predicted molar refractivity (Wildman–Crippen MR) is 70.5 cm³/mol. The minimum absolute atomic E-state index is 0.0428. The molecule has 0 aliphatic heterocycles. The topological polar surface area (TPSA) is 103 Å². The van der Waals surface area contributed by atoms with Crippen LogP contribution in [0.1, 0.15) is 19.7 Å². The quantitative estimate of drug-likeness (QED) is 0.639. The Morgan fingerprint density at radius 3 is 2.85 bits per heavy atom. The Morgan fingerprint density at radius 1 is 1.45 bits per heavy atom. The van der Waals surface area contributed by atoms with E-state index in [0.29, 0.717) is 23.8 Å². The van der Waals surface area contributed by atoms with Crippen molar-refractivity contribution in [1.82, 2.24) is 10.1 Å². The van der Waals surface area contributed by atoms with Crippen molar-refractivity contribution in [3.8, 4) is 5.75 Å². The van der Waals surface area contributed by atoms with Crippen LogP contribution in [0.5, 0.6) is 5.75 Å². The summed E-state index contributed by atoms with van der Waals surface area (Å²) in [7, 11) is 0. The van der Waals surface area contributed by atoms with Gasteiger partial charge in [-0.2, -0.15) is 4.98 Å². The summed E-state index contributed by atoms with van der Waals surface area (Å²) in [6.07, 6.45) is 1.15. The molecule has 0 fully saturated rings. The van der Waals surface area contributed by atoms with Gasteiger partial charge in [0.2, 0.25) is 6.39 Å². The molecule has 1 heterocycles. The first-order valence-corrected chi connectivity index (χ1v) is 6.00. The van der Waals surface area contributed by atoms with Gasteiger partial charge in [-0.25, -0.2) is 0 Å². The Hall–Kier alpha value is -2.64. The molecular formula is C12H14N4O4. The molecule has 106 valence electrons. The molecule has 0 unspecified atom stereocenters. The minimum Gasteiger partial charge on any atom is -0.491 e. The molecule has 0 amide bonds. The van der Waals surface area contributed by atoms with E-state index in [2.05, 4.69) is 20.0 Å². The summed E-state index contributed by atoms with van der Waals surface area (Å²) >= 11 is 0. The number of non-ortho nitro benzene ring substituents is 1. The third-order valence-corrected chi connectivity index (χ3v) is 2.33. The summed E-state index contributed by atoms with van der Waals surface area (Å²) in [5.41, 5.74) is 0.512. The van der Waals surface area contributed by atoms with Crippen molar-refractivity contribution in [1.29, 1.82) is 0 Å². The Labute approximate surface area is 114 Å². The highest BCUT2D eigenvalue weighted by Gasteiger charge is 2.12. The second kappa shape index (κ2) is 6.00. The van der Waals surface area contributed by atoms with Gasteiger partial charge >= 0.3 is 0 Å². The first kappa shape index (κ1) is 13.8. The van der Waals surface area contributed by atoms with Crippen molar-refractivity contribution >= 4 is 11.4 Å². The molecule has 1 aromatic carbocycles. The van der Waals surface area contributed by atoms with E-state index < -0.39 is 4.92 Å². The monoisotopic (exact) mass is 278 g/mol. The molecule has 20 heavy (non-hydrogen) atoms. The molecule has 1 aromatic heterocycles. The van der Waals surface area contributed by atoms with Crippen molar-refractivity contribution in [3.05, 3.63) is 40.5 Å². The molecule has 1 N–H and O–H groups in total. The van der Waals surface area contributed by atoms with Crippen molar-refractivity contribution in [2.24, 2.45) is 0 Å². The minimum atomic E-state index is -0.466. The number of hydrogen-bond donors (Lipinski definition) is 1. The van der Waals surface area contributed by atoms with E-state index in [1.165, 1.54) is 18.5 Å². The van der Waals surface area contributed by atoms with E-state index in [9.17, 15) is 10.1 Å². The maximum absolute atomic E-state index is 10.9. The SMILES string of the molecule is CC(C)Oc1cc(NCc2ncon2)cc([N+](=O)[O-])c1. The smallest absolute Gasteiger partial charge is 0.275 e. The summed E-state index contributed by atoms with van der Waals surface area (Å²) in [6.45, 7) is 4.01. The number of benzene rings is 1. The van der Waals surface area contributed by atoms with E-state index >= 15 is 0 Å². The number of rotatable bonds is 6. The van der Waals surface area contributed by atoms with Crippen molar-refractivity contribution in [3.63, 3.8) is 0 Å². The largest absolute Gasteiger partial charge is 0.491 e. The highest BCUT2D eigenvalue weighted by molar-refractivity contribution is 5.56. The standard InChI is InChI=1S/C12H14N4O4/c1-8(2)20-11-4-9(3-10(5-11)16(17)18)13-6-12-14-7-19-15-12/h3-5,7-8,13H,6H2,1-2H3. The predicted octanol–water partition coefficient (Wildman–Crippen LogP) is 2.38. The number of nitro groups is 1. The molecule has 0 aliphatic carbocycles. The van der Waals surface area contributed by atoms with Gasteiger partial charge in [-0.05, 0) is 13.8 Å². The second-order valence-corrected chi connectivity index (χ2v) is 4.34. The Balaban J connectivity index is 2.17. The van der Waals surface area contributed by atoms with E-state index in [1.807, 2.05) is 13.8 Å². The summed E-state index contributed by atoms with van der Waals surface area (Å²) in [5.74, 6) is 0.896. The maximum atomic E-state index is 10.9. The lowest BCUT2D eigenvalue weighted by molar-refractivity contribution is -0.384. The number of nitrogens with one attached hydrogen (secondary N) is 1. The van der Waals surface area contributed by atoms with Crippen molar-refractivity contribution in [2.75, 3.05) is 5.32 Å². The number of hydrogen-bond acceptors (Lipinski definition) is 7. The van der Waals surface area contributed by atoms with Gasteiger partial charge in [0.1, 0.15) is 5.75 Å². The van der Waals surface area contributed by atoms with E-state index in [4.69, 9.17) is 4.74 Å². The van der Waals surface area contributed by atoms with Crippen molar-refractivity contribution < 1.29 is 14.2 Å². The highest BCUT2D eigenvalue weighted by atomic mass is 16.6. The van der Waals surface area contributed by atoms with E-state index in [-0.39, 0.29) is 11.8 Å². The normalized spacial score (nSPS) is 10.6. The lowest BCUT2D eigenvalue weighted by atomic mass is 10.2. The van der Waals surface area contributed by atoms with E-state index in [1.54, 1.807) is 6.07 Å². The fraction of sp³-hybridized carbons (Fsp3) is 0.333. The van der Waals surface area contributed by atoms with Crippen LogP contribution in [-0.2, 0) is 6.54 Å². The summed E-state index contributed by atoms with van der Waals surface area (Å²) in [6, 6.07) is 4.50. The molecular weight excluding hydrogens is 264 g/mol. The van der Waals surface area contributed by atoms with Crippen LogP contribution < -0.4 is 10.1 Å². The Bertz CT molecular complexity index is 583. The van der Waals surface area contributed by atoms with Crippen LogP contribution in [0.3, 0.4) is 0 Å². The Morgan fingerprint density at radius 2 is 2.25 bits per heavy atom. The van der Waals surface area contributed by atoms with Crippen LogP contribution in [0.4, 0.5) is 11.4 Å². The first-order chi connectivity index (χ1) is 9.54. The molecule has 0 saturated carbocycles. The fourth-order valence-corrected chi connectivity index (χ4v) is 1.58. The van der Waals surface area contributed by atoms with Crippen LogP contribution in [0.25, 0.3) is 0 Å². The molecule has 0 spiro atoms. The maximum Gasteiger partial charge on any atom is 0.275 e. The van der Waals surface area contributed by atoms with Gasteiger partial charge in [0.25, 0.3) is 5.69 Å². The molecule has 8 nitrogen and oxygen atoms in total. The molecule has 0 atom stereocenters. The molecule has 0 radical (unpaired) electrons. The molecule has 0 bridgehead atoms. The molecule has 0 saturated heterocycles. The number of anilines is 1. The summed E-state index contributed by atoms with van der Waals surface area (Å²) in [5, 5.41) is 17.5. The Kier molecular flexibility index (Phi) is 4.14. The number of aromatic nitrogens is 2. The first-order valence-electron chi connectivity index (χ1n) is 6.00. The van der Waals surface area contributed by atoms with Gasteiger partial charge in [-0.3, -0.25) is 10.1 Å². The lowest BCUT2D eigenvalue weighted by Crippen LogP contribution is -2.07. The highest BCUT2D eigenvalue weighted by Crippen LogP contribution is 2.27. The van der Waals surface area contributed by atoms with Crippen LogP contribution in [0.2, 0.25) is 0 Å². The zero-order chi connectivity index (χ0) is 14.5. The average molecular weight is 278 g/mol. The molecule has 2 aromatic rings. The van der Waals surface area contributed by atoms with Crippen LogP contribution in [-0.4, -0.2) is 21.2 Å².